The van der Waals surface area contributed by atoms with Gasteiger partial charge in [0.15, 0.2) is 0 Å². The van der Waals surface area contributed by atoms with Gasteiger partial charge >= 0.3 is 0 Å². The number of rotatable bonds is 9. The minimum atomic E-state index is 0.122. The second-order valence-electron chi connectivity index (χ2n) is 5.76. The van der Waals surface area contributed by atoms with Gasteiger partial charge in [0.25, 0.3) is 0 Å². The summed E-state index contributed by atoms with van der Waals surface area (Å²) in [5.74, 6) is 0.122. The van der Waals surface area contributed by atoms with Crippen LogP contribution in [0.25, 0.3) is 0 Å². The fourth-order valence-corrected chi connectivity index (χ4v) is 2.04. The molecule has 0 saturated carbocycles. The largest absolute Gasteiger partial charge is 0.352 e. The van der Waals surface area contributed by atoms with Crippen molar-refractivity contribution in [2.24, 2.45) is 0 Å². The molecule has 1 rings (SSSR count). The lowest BCUT2D eigenvalue weighted by atomic mass is 10.1. The van der Waals surface area contributed by atoms with Crippen LogP contribution in [0.5, 0.6) is 0 Å². The van der Waals surface area contributed by atoms with E-state index in [1.54, 1.807) is 0 Å². The lowest BCUT2D eigenvalue weighted by molar-refractivity contribution is -0.121. The van der Waals surface area contributed by atoms with Crippen LogP contribution < -0.4 is 10.6 Å². The topological polar surface area (TPSA) is 44.4 Å². The third kappa shape index (κ3) is 6.74. The number of hydrogen-bond acceptors (Lipinski definition) is 3. The molecule has 0 spiro atoms. The summed E-state index contributed by atoms with van der Waals surface area (Å²) in [6.45, 7) is 6.77. The van der Waals surface area contributed by atoms with Crippen molar-refractivity contribution in [3.05, 3.63) is 35.4 Å². The van der Waals surface area contributed by atoms with Crippen molar-refractivity contribution >= 4 is 5.91 Å². The summed E-state index contributed by atoms with van der Waals surface area (Å²) in [7, 11) is 4.02. The first-order valence-electron chi connectivity index (χ1n) is 7.73. The van der Waals surface area contributed by atoms with E-state index in [2.05, 4.69) is 54.6 Å². The minimum absolute atomic E-state index is 0.122. The van der Waals surface area contributed by atoms with E-state index in [0.717, 1.165) is 19.5 Å². The summed E-state index contributed by atoms with van der Waals surface area (Å²) >= 11 is 0. The average molecular weight is 291 g/mol. The molecule has 0 radical (unpaired) electrons. The monoisotopic (exact) mass is 291 g/mol. The van der Waals surface area contributed by atoms with E-state index in [0.29, 0.717) is 19.0 Å². The van der Waals surface area contributed by atoms with Crippen LogP contribution in [0.3, 0.4) is 0 Å². The third-order valence-electron chi connectivity index (χ3n) is 3.73. The summed E-state index contributed by atoms with van der Waals surface area (Å²) in [6, 6.07) is 8.83. The fourth-order valence-electron chi connectivity index (χ4n) is 2.04. The number of carbonyl (C=O) groups excluding carboxylic acids is 1. The molecule has 1 amide bonds. The highest BCUT2D eigenvalue weighted by molar-refractivity contribution is 5.75. The molecule has 0 saturated heterocycles. The second-order valence-corrected chi connectivity index (χ2v) is 5.76. The van der Waals surface area contributed by atoms with Gasteiger partial charge in [-0.3, -0.25) is 9.69 Å². The number of nitrogens with one attached hydrogen (secondary N) is 2. The summed E-state index contributed by atoms with van der Waals surface area (Å²) in [5.41, 5.74) is 2.48. The van der Waals surface area contributed by atoms with E-state index in [9.17, 15) is 4.79 Å². The van der Waals surface area contributed by atoms with E-state index >= 15 is 0 Å². The SMILES string of the molecule is CNCCCC(=O)NCc1ccccc1CN(C)C(C)C. The van der Waals surface area contributed by atoms with Crippen LogP contribution in [-0.2, 0) is 17.9 Å². The molecule has 118 valence electrons. The van der Waals surface area contributed by atoms with Gasteiger partial charge in [-0.1, -0.05) is 24.3 Å². The highest BCUT2D eigenvalue weighted by Crippen LogP contribution is 2.12. The molecule has 0 atom stereocenters. The maximum absolute atomic E-state index is 11.8. The molecule has 21 heavy (non-hydrogen) atoms. The Labute approximate surface area is 128 Å². The Morgan fingerprint density at radius 2 is 1.90 bits per heavy atom. The highest BCUT2D eigenvalue weighted by Gasteiger charge is 2.09. The van der Waals surface area contributed by atoms with Crippen molar-refractivity contribution in [2.75, 3.05) is 20.6 Å². The van der Waals surface area contributed by atoms with Crippen LogP contribution in [-0.4, -0.2) is 37.5 Å². The van der Waals surface area contributed by atoms with Gasteiger partial charge in [-0.05, 0) is 52.0 Å². The molecule has 0 aliphatic carbocycles. The quantitative estimate of drug-likeness (QED) is 0.685. The Hall–Kier alpha value is -1.39. The van der Waals surface area contributed by atoms with Crippen molar-refractivity contribution in [3.8, 4) is 0 Å². The van der Waals surface area contributed by atoms with Crippen LogP contribution in [0.4, 0.5) is 0 Å². The van der Waals surface area contributed by atoms with Gasteiger partial charge in [-0.2, -0.15) is 0 Å². The molecule has 2 N–H and O–H groups in total. The molecular weight excluding hydrogens is 262 g/mol. The summed E-state index contributed by atoms with van der Waals surface area (Å²) in [4.78, 5) is 14.1. The summed E-state index contributed by atoms with van der Waals surface area (Å²) in [5, 5.41) is 6.07. The molecule has 0 bridgehead atoms. The molecule has 4 heteroatoms. The fraction of sp³-hybridized carbons (Fsp3) is 0.588. The lowest BCUT2D eigenvalue weighted by Crippen LogP contribution is -2.28. The molecule has 0 unspecified atom stereocenters. The van der Waals surface area contributed by atoms with Crippen LogP contribution in [0, 0.1) is 0 Å². The van der Waals surface area contributed by atoms with Crippen LogP contribution in [0.15, 0.2) is 24.3 Å². The Morgan fingerprint density at radius 3 is 2.52 bits per heavy atom. The van der Waals surface area contributed by atoms with Gasteiger partial charge in [-0.15, -0.1) is 0 Å². The second kappa shape index (κ2) is 9.53. The minimum Gasteiger partial charge on any atom is -0.352 e. The van der Waals surface area contributed by atoms with E-state index in [-0.39, 0.29) is 5.91 Å². The Bertz CT molecular complexity index is 432. The van der Waals surface area contributed by atoms with E-state index in [1.807, 2.05) is 13.1 Å². The van der Waals surface area contributed by atoms with Crippen molar-refractivity contribution < 1.29 is 4.79 Å². The first-order valence-corrected chi connectivity index (χ1v) is 7.73. The van der Waals surface area contributed by atoms with Crippen LogP contribution in [0.1, 0.15) is 37.8 Å². The first kappa shape index (κ1) is 17.7. The van der Waals surface area contributed by atoms with Crippen LogP contribution in [0.2, 0.25) is 0 Å². The molecular formula is C17H29N3O. The van der Waals surface area contributed by atoms with Gasteiger partial charge in [0, 0.05) is 25.6 Å². The first-order chi connectivity index (χ1) is 10.0. The zero-order chi connectivity index (χ0) is 15.7. The molecule has 1 aromatic carbocycles. The summed E-state index contributed by atoms with van der Waals surface area (Å²) < 4.78 is 0. The van der Waals surface area contributed by atoms with Crippen molar-refractivity contribution in [1.29, 1.82) is 0 Å². The van der Waals surface area contributed by atoms with E-state index in [4.69, 9.17) is 0 Å². The van der Waals surface area contributed by atoms with Gasteiger partial charge in [0.05, 0.1) is 0 Å². The molecule has 1 aromatic rings. The molecule has 0 aliphatic rings. The molecule has 0 aliphatic heterocycles. The zero-order valence-electron chi connectivity index (χ0n) is 13.8. The summed E-state index contributed by atoms with van der Waals surface area (Å²) in [6.07, 6.45) is 1.45. The molecule has 0 heterocycles. The lowest BCUT2D eigenvalue weighted by Gasteiger charge is -2.22. The zero-order valence-corrected chi connectivity index (χ0v) is 13.8. The number of hydrogen-bond donors (Lipinski definition) is 2. The Morgan fingerprint density at radius 1 is 1.24 bits per heavy atom. The van der Waals surface area contributed by atoms with Gasteiger partial charge in [0.2, 0.25) is 5.91 Å². The number of nitrogens with zero attached hydrogens (tertiary/aromatic N) is 1. The maximum Gasteiger partial charge on any atom is 0.220 e. The predicted octanol–water partition coefficient (Wildman–Crippen LogP) is 2.14. The van der Waals surface area contributed by atoms with Crippen LogP contribution >= 0.6 is 0 Å². The van der Waals surface area contributed by atoms with E-state index in [1.165, 1.54) is 11.1 Å². The molecule has 0 aromatic heterocycles. The van der Waals surface area contributed by atoms with Crippen molar-refractivity contribution in [3.63, 3.8) is 0 Å². The van der Waals surface area contributed by atoms with Gasteiger partial charge in [0.1, 0.15) is 0 Å². The maximum atomic E-state index is 11.8. The predicted molar refractivity (Wildman–Crippen MR) is 88.1 cm³/mol. The number of carbonyl (C=O) groups is 1. The standard InChI is InChI=1S/C17H29N3O/c1-14(2)20(4)13-16-9-6-5-8-15(16)12-19-17(21)10-7-11-18-3/h5-6,8-9,14,18H,7,10-13H2,1-4H3,(H,19,21). The average Bonchev–Trinajstić information content (AvgIpc) is 2.46. The number of amides is 1. The molecule has 4 nitrogen and oxygen atoms in total. The van der Waals surface area contributed by atoms with Gasteiger partial charge in [-0.25, -0.2) is 0 Å². The van der Waals surface area contributed by atoms with E-state index < -0.39 is 0 Å². The normalized spacial score (nSPS) is 11.1. The van der Waals surface area contributed by atoms with Crippen molar-refractivity contribution in [1.82, 2.24) is 15.5 Å². The Kier molecular flexibility index (Phi) is 8.01. The molecule has 0 fully saturated rings. The smallest absolute Gasteiger partial charge is 0.220 e. The van der Waals surface area contributed by atoms with Gasteiger partial charge < -0.3 is 10.6 Å². The number of benzene rings is 1. The highest BCUT2D eigenvalue weighted by atomic mass is 16.1. The Balaban J connectivity index is 2.53. The third-order valence-corrected chi connectivity index (χ3v) is 3.73. The van der Waals surface area contributed by atoms with Crippen molar-refractivity contribution in [2.45, 2.75) is 45.8 Å².